The molecule has 0 unspecified atom stereocenters. The summed E-state index contributed by atoms with van der Waals surface area (Å²) in [5.74, 6) is 1.72. The minimum atomic E-state index is -0.324. The van der Waals surface area contributed by atoms with E-state index in [1.807, 2.05) is 0 Å². The van der Waals surface area contributed by atoms with Crippen LogP contribution in [0, 0.1) is 10.1 Å². The topological polar surface area (TPSA) is 61.6 Å². The van der Waals surface area contributed by atoms with Gasteiger partial charge in [0.15, 0.2) is 0 Å². The van der Waals surface area contributed by atoms with Gasteiger partial charge in [0.2, 0.25) is 0 Å². The molecular weight excluding hydrogens is 342 g/mol. The molecule has 0 saturated carbocycles. The van der Waals surface area contributed by atoms with Crippen LogP contribution in [0.15, 0.2) is 24.3 Å². The van der Waals surface area contributed by atoms with E-state index in [1.54, 1.807) is 26.4 Å². The van der Waals surface area contributed by atoms with Crippen LogP contribution in [0.5, 0.6) is 11.5 Å². The molecule has 0 radical (unpaired) electrons. The Morgan fingerprint density at radius 1 is 0.815 bits per heavy atom. The lowest BCUT2D eigenvalue weighted by molar-refractivity contribution is -0.385. The number of aryl methyl sites for hydroxylation is 4. The summed E-state index contributed by atoms with van der Waals surface area (Å²) in [5.41, 5.74) is 5.53. The molecule has 0 atom stereocenters. The van der Waals surface area contributed by atoms with Crippen LogP contribution in [0.4, 0.5) is 5.69 Å². The minimum absolute atomic E-state index is 0.0463. The monoisotopic (exact) mass is 369 g/mol. The summed E-state index contributed by atoms with van der Waals surface area (Å²) in [6.45, 7) is 6.63. The highest BCUT2D eigenvalue weighted by Gasteiger charge is 2.23. The van der Waals surface area contributed by atoms with Crippen LogP contribution in [0.1, 0.15) is 48.6 Å². The number of rotatable bonds is 3. The van der Waals surface area contributed by atoms with E-state index in [2.05, 4.69) is 32.9 Å². The quantitative estimate of drug-likeness (QED) is 0.576. The fraction of sp³-hybridized carbons (Fsp3) is 0.455. The Bertz CT molecular complexity index is 830. The molecular formula is C22H27NO4. The van der Waals surface area contributed by atoms with E-state index in [0.717, 1.165) is 46.6 Å². The summed E-state index contributed by atoms with van der Waals surface area (Å²) in [5, 5.41) is 11.4. The fourth-order valence-electron chi connectivity index (χ4n) is 3.83. The van der Waals surface area contributed by atoms with Gasteiger partial charge < -0.3 is 9.47 Å². The lowest BCUT2D eigenvalue weighted by Crippen LogP contribution is -2.14. The lowest BCUT2D eigenvalue weighted by atomic mass is 9.82. The fourth-order valence-corrected chi connectivity index (χ4v) is 3.83. The van der Waals surface area contributed by atoms with E-state index in [0.29, 0.717) is 12.8 Å². The number of non-ortho nitro benzene ring substituents is 1. The SMILES string of the molecule is COc1c2cc([N+](=O)[O-])cc1CCc1cc(C(C)(C)C)cc(c1OC)CC2. The molecule has 1 aliphatic rings. The zero-order valence-electron chi connectivity index (χ0n) is 16.7. The molecule has 0 amide bonds. The van der Waals surface area contributed by atoms with Gasteiger partial charge in [-0.3, -0.25) is 10.1 Å². The number of benzene rings is 2. The number of nitrogens with zero attached hydrogens (tertiary/aromatic N) is 1. The Hall–Kier alpha value is -2.56. The number of hydrogen-bond acceptors (Lipinski definition) is 4. The third-order valence-corrected chi connectivity index (χ3v) is 5.28. The van der Waals surface area contributed by atoms with Crippen LogP contribution in [0.3, 0.4) is 0 Å². The maximum atomic E-state index is 11.4. The number of hydrogen-bond donors (Lipinski definition) is 0. The largest absolute Gasteiger partial charge is 0.496 e. The highest BCUT2D eigenvalue weighted by molar-refractivity contribution is 5.53. The third kappa shape index (κ3) is 3.77. The molecule has 0 fully saturated rings. The molecule has 4 bridgehead atoms. The lowest BCUT2D eigenvalue weighted by Gasteiger charge is -2.25. The Morgan fingerprint density at radius 3 is 1.48 bits per heavy atom. The Kier molecular flexibility index (Phi) is 5.13. The summed E-state index contributed by atoms with van der Waals surface area (Å²) in [6, 6.07) is 7.72. The van der Waals surface area contributed by atoms with Gasteiger partial charge in [-0.15, -0.1) is 0 Å². The molecule has 1 aliphatic carbocycles. The van der Waals surface area contributed by atoms with Crippen molar-refractivity contribution in [1.29, 1.82) is 0 Å². The molecule has 0 saturated heterocycles. The van der Waals surface area contributed by atoms with Gasteiger partial charge in [0.05, 0.1) is 19.1 Å². The second-order valence-electron chi connectivity index (χ2n) is 8.13. The van der Waals surface area contributed by atoms with E-state index in [4.69, 9.17) is 9.47 Å². The number of ether oxygens (including phenoxy) is 2. The van der Waals surface area contributed by atoms with Gasteiger partial charge >= 0.3 is 0 Å². The number of fused-ring (bicyclic) bond motifs is 4. The first-order valence-corrected chi connectivity index (χ1v) is 9.29. The van der Waals surface area contributed by atoms with Crippen molar-refractivity contribution < 1.29 is 14.4 Å². The van der Waals surface area contributed by atoms with Crippen molar-refractivity contribution in [1.82, 2.24) is 0 Å². The van der Waals surface area contributed by atoms with Crippen LogP contribution in [0.2, 0.25) is 0 Å². The molecule has 0 spiro atoms. The van der Waals surface area contributed by atoms with Gasteiger partial charge in [-0.1, -0.05) is 32.9 Å². The van der Waals surface area contributed by atoms with Crippen molar-refractivity contribution in [3.8, 4) is 11.5 Å². The zero-order chi connectivity index (χ0) is 19.8. The summed E-state index contributed by atoms with van der Waals surface area (Å²) in [7, 11) is 3.35. The smallest absolute Gasteiger partial charge is 0.270 e. The summed E-state index contributed by atoms with van der Waals surface area (Å²) in [4.78, 5) is 11.0. The van der Waals surface area contributed by atoms with E-state index in [9.17, 15) is 10.1 Å². The van der Waals surface area contributed by atoms with Crippen molar-refractivity contribution in [2.24, 2.45) is 0 Å². The highest BCUT2D eigenvalue weighted by atomic mass is 16.6. The first-order valence-electron chi connectivity index (χ1n) is 9.29. The predicted molar refractivity (Wildman–Crippen MR) is 106 cm³/mol. The summed E-state index contributed by atoms with van der Waals surface area (Å²) in [6.07, 6.45) is 2.83. The van der Waals surface area contributed by atoms with Crippen LogP contribution in [-0.4, -0.2) is 19.1 Å². The first-order chi connectivity index (χ1) is 12.7. The molecule has 0 N–H and O–H groups in total. The molecule has 0 aromatic heterocycles. The zero-order valence-corrected chi connectivity index (χ0v) is 16.7. The standard InChI is InChI=1S/C22H27NO4/c1-22(2,3)18-10-14-6-8-16-12-19(23(24)25)13-17(21(16)27-5)9-7-15(11-18)20(14)26-4/h10-13H,6-9H2,1-5H3. The average molecular weight is 369 g/mol. The molecule has 5 heteroatoms. The Balaban J connectivity index is 2.15. The molecule has 27 heavy (non-hydrogen) atoms. The number of nitro benzene ring substituents is 1. The Morgan fingerprint density at radius 2 is 1.19 bits per heavy atom. The third-order valence-electron chi connectivity index (χ3n) is 5.28. The van der Waals surface area contributed by atoms with Crippen LogP contribution in [0.25, 0.3) is 0 Å². The molecule has 2 aromatic rings. The van der Waals surface area contributed by atoms with Crippen LogP contribution >= 0.6 is 0 Å². The molecule has 0 heterocycles. The normalized spacial score (nSPS) is 13.8. The van der Waals surface area contributed by atoms with Gasteiger partial charge in [-0.05, 0) is 47.8 Å². The number of methoxy groups -OCH3 is 2. The van der Waals surface area contributed by atoms with Crippen molar-refractivity contribution in [2.45, 2.75) is 51.9 Å². The van der Waals surface area contributed by atoms with E-state index in [-0.39, 0.29) is 16.0 Å². The van der Waals surface area contributed by atoms with E-state index >= 15 is 0 Å². The molecule has 5 nitrogen and oxygen atoms in total. The van der Waals surface area contributed by atoms with Gasteiger partial charge in [0.25, 0.3) is 5.69 Å². The maximum absolute atomic E-state index is 11.4. The second-order valence-corrected chi connectivity index (χ2v) is 8.13. The first kappa shape index (κ1) is 19.2. The molecule has 3 rings (SSSR count). The van der Waals surface area contributed by atoms with Gasteiger partial charge in [-0.25, -0.2) is 0 Å². The second kappa shape index (κ2) is 7.22. The summed E-state index contributed by atoms with van der Waals surface area (Å²) >= 11 is 0. The minimum Gasteiger partial charge on any atom is -0.496 e. The molecule has 2 aromatic carbocycles. The van der Waals surface area contributed by atoms with Crippen molar-refractivity contribution in [3.05, 3.63) is 62.2 Å². The average Bonchev–Trinajstić information content (AvgIpc) is 2.61. The molecule has 0 aliphatic heterocycles. The van der Waals surface area contributed by atoms with Crippen molar-refractivity contribution in [2.75, 3.05) is 14.2 Å². The van der Waals surface area contributed by atoms with Crippen LogP contribution < -0.4 is 9.47 Å². The highest BCUT2D eigenvalue weighted by Crippen LogP contribution is 2.37. The van der Waals surface area contributed by atoms with Gasteiger partial charge in [0.1, 0.15) is 11.5 Å². The van der Waals surface area contributed by atoms with E-state index in [1.165, 1.54) is 5.56 Å². The number of nitro groups is 1. The molecule has 144 valence electrons. The maximum Gasteiger partial charge on any atom is 0.270 e. The van der Waals surface area contributed by atoms with Gasteiger partial charge in [-0.2, -0.15) is 0 Å². The summed E-state index contributed by atoms with van der Waals surface area (Å²) < 4.78 is 11.4. The van der Waals surface area contributed by atoms with Crippen LogP contribution in [-0.2, 0) is 31.1 Å². The predicted octanol–water partition coefficient (Wildman–Crippen LogP) is 4.79. The van der Waals surface area contributed by atoms with E-state index < -0.39 is 0 Å². The Labute approximate surface area is 160 Å². The van der Waals surface area contributed by atoms with Gasteiger partial charge in [0, 0.05) is 23.3 Å². The van der Waals surface area contributed by atoms with Crippen molar-refractivity contribution >= 4 is 5.69 Å². The van der Waals surface area contributed by atoms with Crippen molar-refractivity contribution in [3.63, 3.8) is 0 Å².